The average Bonchev–Trinajstić information content (AvgIpc) is 3.04. The van der Waals surface area contributed by atoms with Crippen LogP contribution in [-0.4, -0.2) is 31.9 Å². The smallest absolute Gasteiger partial charge is 0.234 e. The van der Waals surface area contributed by atoms with Crippen LogP contribution in [0.5, 0.6) is 0 Å². The standard InChI is InChI=1S/C17H16FN5OS/c1-11-5-3-4-6-15(11)23-17(20-21-22-23)25-10-16(24)19-14-8-7-13(18)9-12(14)2/h3-9H,10H2,1-2H3,(H,19,24). The van der Waals surface area contributed by atoms with Crippen LogP contribution in [0.15, 0.2) is 47.6 Å². The van der Waals surface area contributed by atoms with E-state index in [-0.39, 0.29) is 17.5 Å². The summed E-state index contributed by atoms with van der Waals surface area (Å²) in [6.07, 6.45) is 0. The van der Waals surface area contributed by atoms with Crippen LogP contribution in [0.1, 0.15) is 11.1 Å². The largest absolute Gasteiger partial charge is 0.325 e. The van der Waals surface area contributed by atoms with Gasteiger partial charge >= 0.3 is 0 Å². The number of aryl methyl sites for hydroxylation is 2. The van der Waals surface area contributed by atoms with Crippen LogP contribution in [0.3, 0.4) is 0 Å². The average molecular weight is 357 g/mol. The van der Waals surface area contributed by atoms with Crippen LogP contribution < -0.4 is 5.32 Å². The van der Waals surface area contributed by atoms with E-state index in [1.165, 1.54) is 23.9 Å². The third-order valence-corrected chi connectivity index (χ3v) is 4.50. The summed E-state index contributed by atoms with van der Waals surface area (Å²) < 4.78 is 14.7. The van der Waals surface area contributed by atoms with E-state index >= 15 is 0 Å². The first-order chi connectivity index (χ1) is 12.0. The van der Waals surface area contributed by atoms with Gasteiger partial charge in [0, 0.05) is 5.69 Å². The van der Waals surface area contributed by atoms with E-state index in [9.17, 15) is 9.18 Å². The first-order valence-electron chi connectivity index (χ1n) is 7.58. The maximum Gasteiger partial charge on any atom is 0.234 e. The molecule has 0 aliphatic carbocycles. The molecule has 2 aromatic carbocycles. The normalized spacial score (nSPS) is 10.7. The van der Waals surface area contributed by atoms with Gasteiger partial charge in [0.2, 0.25) is 11.1 Å². The molecule has 0 aliphatic heterocycles. The fraction of sp³-hybridized carbons (Fsp3) is 0.176. The van der Waals surface area contributed by atoms with E-state index in [0.29, 0.717) is 16.4 Å². The molecule has 0 unspecified atom stereocenters. The number of benzene rings is 2. The molecule has 1 heterocycles. The van der Waals surface area contributed by atoms with Crippen molar-refractivity contribution in [1.82, 2.24) is 20.2 Å². The van der Waals surface area contributed by atoms with Crippen molar-refractivity contribution < 1.29 is 9.18 Å². The van der Waals surface area contributed by atoms with Crippen molar-refractivity contribution in [3.63, 3.8) is 0 Å². The van der Waals surface area contributed by atoms with Gasteiger partial charge in [0.25, 0.3) is 0 Å². The minimum absolute atomic E-state index is 0.142. The van der Waals surface area contributed by atoms with E-state index < -0.39 is 0 Å². The number of tetrazole rings is 1. The fourth-order valence-corrected chi connectivity index (χ4v) is 2.99. The van der Waals surface area contributed by atoms with E-state index in [4.69, 9.17) is 0 Å². The van der Waals surface area contributed by atoms with Crippen molar-refractivity contribution in [1.29, 1.82) is 0 Å². The molecule has 0 aliphatic rings. The molecule has 6 nitrogen and oxygen atoms in total. The van der Waals surface area contributed by atoms with Crippen molar-refractivity contribution in [2.45, 2.75) is 19.0 Å². The Hall–Kier alpha value is -2.74. The van der Waals surface area contributed by atoms with Gasteiger partial charge in [-0.1, -0.05) is 30.0 Å². The van der Waals surface area contributed by atoms with Crippen LogP contribution in [0.2, 0.25) is 0 Å². The number of rotatable bonds is 5. The molecule has 25 heavy (non-hydrogen) atoms. The number of hydrogen-bond acceptors (Lipinski definition) is 5. The van der Waals surface area contributed by atoms with Gasteiger partial charge in [-0.15, -0.1) is 5.10 Å². The summed E-state index contributed by atoms with van der Waals surface area (Å²) in [6.45, 7) is 3.71. The molecule has 0 radical (unpaired) electrons. The summed E-state index contributed by atoms with van der Waals surface area (Å²) in [5.74, 6) is -0.399. The van der Waals surface area contributed by atoms with Crippen molar-refractivity contribution in [3.05, 3.63) is 59.4 Å². The van der Waals surface area contributed by atoms with Gasteiger partial charge in [-0.3, -0.25) is 4.79 Å². The lowest BCUT2D eigenvalue weighted by atomic mass is 10.2. The summed E-state index contributed by atoms with van der Waals surface area (Å²) in [5, 5.41) is 15.0. The zero-order valence-corrected chi connectivity index (χ0v) is 14.5. The molecular weight excluding hydrogens is 341 g/mol. The number of anilines is 1. The number of aromatic nitrogens is 4. The number of hydrogen-bond donors (Lipinski definition) is 1. The van der Waals surface area contributed by atoms with Crippen molar-refractivity contribution in [2.75, 3.05) is 11.1 Å². The van der Waals surface area contributed by atoms with Crippen LogP contribution >= 0.6 is 11.8 Å². The Bertz CT molecular complexity index is 912. The highest BCUT2D eigenvalue weighted by molar-refractivity contribution is 7.99. The van der Waals surface area contributed by atoms with Gasteiger partial charge in [-0.2, -0.15) is 4.68 Å². The monoisotopic (exact) mass is 357 g/mol. The van der Waals surface area contributed by atoms with E-state index in [1.807, 2.05) is 31.2 Å². The molecule has 0 saturated carbocycles. The number of carbonyl (C=O) groups excluding carboxylic acids is 1. The Morgan fingerprint density at radius 2 is 2.00 bits per heavy atom. The Balaban J connectivity index is 1.67. The molecule has 0 spiro atoms. The highest BCUT2D eigenvalue weighted by Gasteiger charge is 2.13. The summed E-state index contributed by atoms with van der Waals surface area (Å²) >= 11 is 1.23. The van der Waals surface area contributed by atoms with Crippen LogP contribution in [0.25, 0.3) is 5.69 Å². The lowest BCUT2D eigenvalue weighted by Crippen LogP contribution is -2.15. The molecule has 128 valence electrons. The number of nitrogens with one attached hydrogen (secondary N) is 1. The number of halogens is 1. The second kappa shape index (κ2) is 7.43. The minimum Gasteiger partial charge on any atom is -0.325 e. The summed E-state index contributed by atoms with van der Waals surface area (Å²) in [4.78, 5) is 12.2. The number of carbonyl (C=O) groups is 1. The molecule has 0 fully saturated rings. The molecule has 3 aromatic rings. The van der Waals surface area contributed by atoms with Crippen LogP contribution in [0, 0.1) is 19.7 Å². The van der Waals surface area contributed by atoms with Gasteiger partial charge in [0.05, 0.1) is 11.4 Å². The van der Waals surface area contributed by atoms with E-state index in [2.05, 4.69) is 20.8 Å². The first kappa shape index (κ1) is 17.1. The predicted octanol–water partition coefficient (Wildman–Crippen LogP) is 3.15. The molecular formula is C17H16FN5OS. The van der Waals surface area contributed by atoms with Crippen molar-refractivity contribution in [3.8, 4) is 5.69 Å². The second-order valence-corrected chi connectivity index (χ2v) is 6.40. The zero-order chi connectivity index (χ0) is 17.8. The summed E-state index contributed by atoms with van der Waals surface area (Å²) in [5.41, 5.74) is 3.15. The summed E-state index contributed by atoms with van der Waals surface area (Å²) in [7, 11) is 0. The lowest BCUT2D eigenvalue weighted by Gasteiger charge is -2.09. The van der Waals surface area contributed by atoms with Gasteiger partial charge in [0.1, 0.15) is 5.82 Å². The number of thioether (sulfide) groups is 1. The molecule has 1 amide bonds. The fourth-order valence-electron chi connectivity index (χ4n) is 2.30. The van der Waals surface area contributed by atoms with E-state index in [0.717, 1.165) is 11.3 Å². The Morgan fingerprint density at radius 3 is 2.76 bits per heavy atom. The zero-order valence-electron chi connectivity index (χ0n) is 13.7. The SMILES string of the molecule is Cc1cc(F)ccc1NC(=O)CSc1nnnn1-c1ccccc1C. The molecule has 0 atom stereocenters. The summed E-state index contributed by atoms with van der Waals surface area (Å²) in [6, 6.07) is 12.0. The van der Waals surface area contributed by atoms with Crippen molar-refractivity contribution >= 4 is 23.4 Å². The first-order valence-corrected chi connectivity index (χ1v) is 8.56. The van der Waals surface area contributed by atoms with Gasteiger partial charge in [-0.05, 0) is 59.7 Å². The van der Waals surface area contributed by atoms with Gasteiger partial charge < -0.3 is 5.32 Å². The maximum absolute atomic E-state index is 13.1. The second-order valence-electron chi connectivity index (χ2n) is 5.46. The minimum atomic E-state index is -0.331. The maximum atomic E-state index is 13.1. The van der Waals surface area contributed by atoms with E-state index in [1.54, 1.807) is 17.7 Å². The predicted molar refractivity (Wildman–Crippen MR) is 94.4 cm³/mol. The Labute approximate surface area is 148 Å². The number of nitrogens with zero attached hydrogens (tertiary/aromatic N) is 4. The third-order valence-electron chi connectivity index (χ3n) is 3.58. The lowest BCUT2D eigenvalue weighted by molar-refractivity contribution is -0.113. The molecule has 0 saturated heterocycles. The molecule has 3 rings (SSSR count). The van der Waals surface area contributed by atoms with Gasteiger partial charge in [-0.25, -0.2) is 4.39 Å². The molecule has 1 aromatic heterocycles. The Kier molecular flexibility index (Phi) is 5.08. The number of para-hydroxylation sites is 1. The molecule has 8 heteroatoms. The van der Waals surface area contributed by atoms with Crippen LogP contribution in [0.4, 0.5) is 10.1 Å². The highest BCUT2D eigenvalue weighted by Crippen LogP contribution is 2.21. The van der Waals surface area contributed by atoms with Crippen LogP contribution in [-0.2, 0) is 4.79 Å². The number of amides is 1. The topological polar surface area (TPSA) is 72.7 Å². The molecule has 1 N–H and O–H groups in total. The highest BCUT2D eigenvalue weighted by atomic mass is 32.2. The quantitative estimate of drug-likeness (QED) is 0.710. The third kappa shape index (κ3) is 4.03. The molecule has 0 bridgehead atoms. The Morgan fingerprint density at radius 1 is 1.20 bits per heavy atom. The van der Waals surface area contributed by atoms with Crippen molar-refractivity contribution in [2.24, 2.45) is 0 Å². The van der Waals surface area contributed by atoms with Gasteiger partial charge in [0.15, 0.2) is 0 Å².